The lowest BCUT2D eigenvalue weighted by Crippen LogP contribution is -2.36. The lowest BCUT2D eigenvalue weighted by Gasteiger charge is -2.28. The Morgan fingerprint density at radius 3 is 2.26 bits per heavy atom. The Morgan fingerprint density at radius 2 is 1.56 bits per heavy atom. The Labute approximate surface area is 156 Å². The normalized spacial score (nSPS) is 17.0. The number of hydrogen-bond donors (Lipinski definition) is 0. The summed E-state index contributed by atoms with van der Waals surface area (Å²) in [7, 11) is 0. The topological polar surface area (TPSA) is 54.3 Å². The van der Waals surface area contributed by atoms with E-state index < -0.39 is 0 Å². The van der Waals surface area contributed by atoms with Gasteiger partial charge in [0.05, 0.1) is 42.1 Å². The molecule has 0 unspecified atom stereocenters. The highest BCUT2D eigenvalue weighted by Crippen LogP contribution is 2.30. The molecule has 2 aromatic heterocycles. The number of fused-ring (bicyclic) bond motifs is 2. The predicted molar refractivity (Wildman–Crippen MR) is 101 cm³/mol. The van der Waals surface area contributed by atoms with Crippen molar-refractivity contribution in [1.82, 2.24) is 9.30 Å². The fourth-order valence-corrected chi connectivity index (χ4v) is 3.93. The second-order valence-electron chi connectivity index (χ2n) is 6.82. The second-order valence-corrected chi connectivity index (χ2v) is 6.82. The van der Waals surface area contributed by atoms with E-state index >= 15 is 0 Å². The number of anilines is 1. The Hall–Kier alpha value is -3.12. The van der Waals surface area contributed by atoms with Crippen molar-refractivity contribution in [1.29, 1.82) is 0 Å². The average molecular weight is 361 g/mol. The Morgan fingerprint density at radius 1 is 0.889 bits per heavy atom. The molecule has 2 aliphatic heterocycles. The number of amides is 2. The van der Waals surface area contributed by atoms with Crippen LogP contribution in [-0.2, 0) is 11.3 Å². The zero-order valence-corrected chi connectivity index (χ0v) is 14.8. The van der Waals surface area contributed by atoms with Gasteiger partial charge in [-0.05, 0) is 30.3 Å². The molecular formula is C21H19N3O3. The summed E-state index contributed by atoms with van der Waals surface area (Å²) in [6, 6.07) is 15.1. The number of aromatic nitrogens is 1. The van der Waals surface area contributed by atoms with Crippen molar-refractivity contribution in [3.8, 4) is 0 Å². The second kappa shape index (κ2) is 6.25. The van der Waals surface area contributed by atoms with Crippen LogP contribution in [-0.4, -0.2) is 47.4 Å². The van der Waals surface area contributed by atoms with Crippen molar-refractivity contribution in [2.45, 2.75) is 6.54 Å². The number of morpholine rings is 1. The summed E-state index contributed by atoms with van der Waals surface area (Å²) in [6.45, 7) is 3.33. The highest BCUT2D eigenvalue weighted by molar-refractivity contribution is 6.21. The molecule has 0 saturated carbocycles. The first-order valence-corrected chi connectivity index (χ1v) is 9.11. The van der Waals surface area contributed by atoms with E-state index in [1.54, 1.807) is 24.3 Å². The van der Waals surface area contributed by atoms with Crippen LogP contribution in [0.1, 0.15) is 26.4 Å². The van der Waals surface area contributed by atoms with Crippen LogP contribution in [0.5, 0.6) is 0 Å². The van der Waals surface area contributed by atoms with Crippen molar-refractivity contribution >= 4 is 23.0 Å². The van der Waals surface area contributed by atoms with E-state index in [2.05, 4.69) is 21.4 Å². The smallest absolute Gasteiger partial charge is 0.261 e. The Bertz CT molecular complexity index is 1010. The number of imide groups is 1. The summed E-state index contributed by atoms with van der Waals surface area (Å²) >= 11 is 0. The molecule has 4 heterocycles. The Balaban J connectivity index is 1.53. The van der Waals surface area contributed by atoms with Crippen LogP contribution in [0.15, 0.2) is 54.7 Å². The minimum Gasteiger partial charge on any atom is -0.378 e. The molecule has 1 fully saturated rings. The van der Waals surface area contributed by atoms with Gasteiger partial charge in [-0.2, -0.15) is 0 Å². The van der Waals surface area contributed by atoms with Crippen molar-refractivity contribution < 1.29 is 14.3 Å². The van der Waals surface area contributed by atoms with Gasteiger partial charge in [-0.3, -0.25) is 14.5 Å². The molecule has 27 heavy (non-hydrogen) atoms. The number of nitrogens with zero attached hydrogens (tertiary/aromatic N) is 3. The zero-order chi connectivity index (χ0) is 18.4. The summed E-state index contributed by atoms with van der Waals surface area (Å²) in [6.07, 6.45) is 1.98. The van der Waals surface area contributed by atoms with E-state index in [9.17, 15) is 9.59 Å². The molecule has 0 bridgehead atoms. The van der Waals surface area contributed by atoms with E-state index in [1.807, 2.05) is 18.3 Å². The van der Waals surface area contributed by atoms with Crippen LogP contribution in [0.4, 0.5) is 5.69 Å². The average Bonchev–Trinajstić information content (AvgIpc) is 3.21. The molecule has 2 aliphatic rings. The standard InChI is InChI=1S/C21H19N3O3/c25-20-16-5-1-2-6-17(16)21(26)24(20)14-15-13-19(22-9-11-27-12-10-22)18-7-3-4-8-23(15)18/h1-8,13H,9-12,14H2. The molecule has 6 heteroatoms. The van der Waals surface area contributed by atoms with Crippen LogP contribution in [0.2, 0.25) is 0 Å². The monoisotopic (exact) mass is 361 g/mol. The number of carbonyl (C=O) groups is 2. The maximum Gasteiger partial charge on any atom is 0.261 e. The Kier molecular flexibility index (Phi) is 3.72. The SMILES string of the molecule is O=C1c2ccccc2C(=O)N1Cc1cc(N2CCOCC2)c2ccccn12. The van der Waals surface area contributed by atoms with Crippen molar-refractivity contribution in [3.63, 3.8) is 0 Å². The van der Waals surface area contributed by atoms with Crippen LogP contribution in [0.25, 0.3) is 5.52 Å². The predicted octanol–water partition coefficient (Wildman–Crippen LogP) is 2.57. The number of benzene rings is 1. The number of rotatable bonds is 3. The van der Waals surface area contributed by atoms with Crippen LogP contribution >= 0.6 is 0 Å². The molecule has 5 rings (SSSR count). The number of pyridine rings is 1. The summed E-state index contributed by atoms with van der Waals surface area (Å²) < 4.78 is 7.53. The zero-order valence-electron chi connectivity index (χ0n) is 14.8. The van der Waals surface area contributed by atoms with Gasteiger partial charge in [0.2, 0.25) is 0 Å². The molecule has 0 spiro atoms. The van der Waals surface area contributed by atoms with Gasteiger partial charge >= 0.3 is 0 Å². The first-order valence-electron chi connectivity index (χ1n) is 9.11. The molecule has 0 radical (unpaired) electrons. The van der Waals surface area contributed by atoms with Gasteiger partial charge < -0.3 is 14.0 Å². The van der Waals surface area contributed by atoms with Crippen LogP contribution in [0.3, 0.4) is 0 Å². The molecule has 1 saturated heterocycles. The first-order chi connectivity index (χ1) is 13.2. The van der Waals surface area contributed by atoms with Crippen molar-refractivity contribution in [2.75, 3.05) is 31.2 Å². The summed E-state index contributed by atoms with van der Waals surface area (Å²) in [5.74, 6) is -0.455. The third-order valence-electron chi connectivity index (χ3n) is 5.29. The van der Waals surface area contributed by atoms with Gasteiger partial charge in [0, 0.05) is 25.0 Å². The highest BCUT2D eigenvalue weighted by Gasteiger charge is 2.35. The van der Waals surface area contributed by atoms with Gasteiger partial charge in [-0.15, -0.1) is 0 Å². The molecule has 2 amide bonds. The molecule has 3 aromatic rings. The van der Waals surface area contributed by atoms with E-state index in [0.717, 1.165) is 30.0 Å². The fourth-order valence-electron chi connectivity index (χ4n) is 3.93. The van der Waals surface area contributed by atoms with E-state index in [4.69, 9.17) is 4.74 Å². The maximum absolute atomic E-state index is 12.7. The molecular weight excluding hydrogens is 342 g/mol. The van der Waals surface area contributed by atoms with Crippen LogP contribution in [0, 0.1) is 0 Å². The number of hydrogen-bond acceptors (Lipinski definition) is 4. The van der Waals surface area contributed by atoms with Crippen molar-refractivity contribution in [3.05, 3.63) is 71.5 Å². The molecule has 136 valence electrons. The largest absolute Gasteiger partial charge is 0.378 e. The summed E-state index contributed by atoms with van der Waals surface area (Å²) in [4.78, 5) is 29.1. The minimum atomic E-state index is -0.227. The molecule has 0 aliphatic carbocycles. The minimum absolute atomic E-state index is 0.227. The molecule has 1 aromatic carbocycles. The molecule has 0 N–H and O–H groups in total. The van der Waals surface area contributed by atoms with Gasteiger partial charge in [0.15, 0.2) is 0 Å². The lowest BCUT2D eigenvalue weighted by molar-refractivity contribution is 0.0640. The van der Waals surface area contributed by atoms with Gasteiger partial charge in [0.25, 0.3) is 11.8 Å². The van der Waals surface area contributed by atoms with Gasteiger partial charge in [0.1, 0.15) is 0 Å². The van der Waals surface area contributed by atoms with Crippen LogP contribution < -0.4 is 4.90 Å². The maximum atomic E-state index is 12.7. The molecule has 0 atom stereocenters. The van der Waals surface area contributed by atoms with E-state index in [0.29, 0.717) is 24.3 Å². The van der Waals surface area contributed by atoms with Gasteiger partial charge in [-0.1, -0.05) is 18.2 Å². The first kappa shape index (κ1) is 16.1. The third-order valence-corrected chi connectivity index (χ3v) is 5.29. The summed E-state index contributed by atoms with van der Waals surface area (Å²) in [5.41, 5.74) is 4.08. The number of ether oxygens (including phenoxy) is 1. The van der Waals surface area contributed by atoms with Crippen molar-refractivity contribution in [2.24, 2.45) is 0 Å². The summed E-state index contributed by atoms with van der Waals surface area (Å²) in [5, 5.41) is 0. The number of carbonyl (C=O) groups excluding carboxylic acids is 2. The van der Waals surface area contributed by atoms with E-state index in [1.165, 1.54) is 4.90 Å². The highest BCUT2D eigenvalue weighted by atomic mass is 16.5. The quantitative estimate of drug-likeness (QED) is 0.673. The van der Waals surface area contributed by atoms with Gasteiger partial charge in [-0.25, -0.2) is 0 Å². The lowest BCUT2D eigenvalue weighted by atomic mass is 10.1. The molecule has 6 nitrogen and oxygen atoms in total. The third kappa shape index (κ3) is 2.52. The fraction of sp³-hybridized carbons (Fsp3) is 0.238. The van der Waals surface area contributed by atoms with E-state index in [-0.39, 0.29) is 18.4 Å².